The van der Waals surface area contributed by atoms with E-state index >= 15 is 0 Å². The van der Waals surface area contributed by atoms with Gasteiger partial charge in [0.2, 0.25) is 0 Å². The quantitative estimate of drug-likeness (QED) is 0.566. The zero-order chi connectivity index (χ0) is 11.1. The largest absolute Gasteiger partial charge is 0.374 e. The van der Waals surface area contributed by atoms with Crippen LogP contribution in [0.25, 0.3) is 0 Å². The van der Waals surface area contributed by atoms with Crippen LogP contribution in [0.1, 0.15) is 11.8 Å². The number of benzene rings is 1. The van der Waals surface area contributed by atoms with Gasteiger partial charge < -0.3 is 5.11 Å². The lowest BCUT2D eigenvalue weighted by atomic mass is 10.2. The maximum absolute atomic E-state index is 10.1. The van der Waals surface area contributed by atoms with Crippen molar-refractivity contribution in [3.63, 3.8) is 0 Å². The molecule has 0 radical (unpaired) electrons. The van der Waals surface area contributed by atoms with Crippen molar-refractivity contribution in [1.29, 1.82) is 0 Å². The highest BCUT2D eigenvalue weighted by Gasteiger charge is 2.14. The highest BCUT2D eigenvalue weighted by atomic mass is 16.3. The fourth-order valence-corrected chi connectivity index (χ4v) is 1.44. The summed E-state index contributed by atoms with van der Waals surface area (Å²) in [6, 6.07) is 9.58. The maximum atomic E-state index is 10.1. The molecule has 0 aromatic heterocycles. The average molecular weight is 203 g/mol. The second-order valence-corrected chi connectivity index (χ2v) is 3.32. The van der Waals surface area contributed by atoms with Crippen LogP contribution in [-0.2, 0) is 0 Å². The van der Waals surface area contributed by atoms with E-state index in [0.29, 0.717) is 13.1 Å². The molecule has 0 heterocycles. The Morgan fingerprint density at radius 1 is 1.13 bits per heavy atom. The third-order valence-corrected chi connectivity index (χ3v) is 2.17. The summed E-state index contributed by atoms with van der Waals surface area (Å²) in [5.41, 5.74) is 0.890. The minimum absolute atomic E-state index is 0.595. The Morgan fingerprint density at radius 2 is 1.67 bits per heavy atom. The minimum atomic E-state index is -0.595. The lowest BCUT2D eigenvalue weighted by molar-refractivity contribution is 0.0181. The third kappa shape index (κ3) is 3.35. The van der Waals surface area contributed by atoms with Crippen molar-refractivity contribution in [2.75, 3.05) is 13.1 Å². The van der Waals surface area contributed by atoms with Gasteiger partial charge >= 0.3 is 0 Å². The van der Waals surface area contributed by atoms with Crippen LogP contribution in [0.4, 0.5) is 0 Å². The summed E-state index contributed by atoms with van der Waals surface area (Å²) in [7, 11) is 0. The van der Waals surface area contributed by atoms with E-state index in [9.17, 15) is 5.11 Å². The number of nitrogens with zero attached hydrogens (tertiary/aromatic N) is 1. The standard InChI is InChI=1S/C13H17NO/c1-3-10-14(11-4-2)13(15)12-8-6-5-7-9-12/h3-9,13,15H,1-2,10-11H2. The highest BCUT2D eigenvalue weighted by Crippen LogP contribution is 2.16. The topological polar surface area (TPSA) is 23.5 Å². The molecule has 0 fully saturated rings. The number of rotatable bonds is 6. The zero-order valence-electron chi connectivity index (χ0n) is 8.84. The maximum Gasteiger partial charge on any atom is 0.134 e. The number of hydrogen-bond donors (Lipinski definition) is 1. The molecule has 1 atom stereocenters. The molecule has 0 spiro atoms. The molecular weight excluding hydrogens is 186 g/mol. The van der Waals surface area contributed by atoms with Gasteiger partial charge in [-0.25, -0.2) is 0 Å². The van der Waals surface area contributed by atoms with Crippen LogP contribution in [-0.4, -0.2) is 23.1 Å². The fraction of sp³-hybridized carbons (Fsp3) is 0.231. The molecular formula is C13H17NO. The Morgan fingerprint density at radius 3 is 2.13 bits per heavy atom. The van der Waals surface area contributed by atoms with E-state index < -0.39 is 6.23 Å². The van der Waals surface area contributed by atoms with Gasteiger partial charge in [0.1, 0.15) is 6.23 Å². The Labute approximate surface area is 91.2 Å². The molecule has 2 heteroatoms. The Balaban J connectivity index is 2.75. The summed E-state index contributed by atoms with van der Waals surface area (Å²) >= 11 is 0. The van der Waals surface area contributed by atoms with Gasteiger partial charge in [-0.2, -0.15) is 0 Å². The van der Waals surface area contributed by atoms with Crippen molar-refractivity contribution in [3.05, 3.63) is 61.2 Å². The fourth-order valence-electron chi connectivity index (χ4n) is 1.44. The van der Waals surface area contributed by atoms with Crippen molar-refractivity contribution in [1.82, 2.24) is 4.90 Å². The van der Waals surface area contributed by atoms with Gasteiger partial charge in [-0.05, 0) is 5.56 Å². The first-order valence-corrected chi connectivity index (χ1v) is 4.98. The molecule has 0 aliphatic rings. The van der Waals surface area contributed by atoms with E-state index in [2.05, 4.69) is 13.2 Å². The van der Waals surface area contributed by atoms with E-state index in [-0.39, 0.29) is 0 Å². The molecule has 0 saturated heterocycles. The molecule has 2 nitrogen and oxygen atoms in total. The predicted octanol–water partition coefficient (Wildman–Crippen LogP) is 2.35. The second kappa shape index (κ2) is 6.17. The second-order valence-electron chi connectivity index (χ2n) is 3.32. The van der Waals surface area contributed by atoms with Gasteiger partial charge in [0.25, 0.3) is 0 Å². The summed E-state index contributed by atoms with van der Waals surface area (Å²) in [6.45, 7) is 8.63. The van der Waals surface area contributed by atoms with E-state index in [1.165, 1.54) is 0 Å². The van der Waals surface area contributed by atoms with E-state index in [4.69, 9.17) is 0 Å². The molecule has 0 saturated carbocycles. The zero-order valence-corrected chi connectivity index (χ0v) is 8.84. The Bertz CT molecular complexity index is 298. The van der Waals surface area contributed by atoms with E-state index in [1.807, 2.05) is 35.2 Å². The molecule has 80 valence electrons. The summed E-state index contributed by atoms with van der Waals surface area (Å²) in [4.78, 5) is 1.88. The molecule has 1 aromatic carbocycles. The van der Waals surface area contributed by atoms with Gasteiger partial charge in [-0.15, -0.1) is 13.2 Å². The summed E-state index contributed by atoms with van der Waals surface area (Å²) < 4.78 is 0. The van der Waals surface area contributed by atoms with E-state index in [1.54, 1.807) is 12.2 Å². The lowest BCUT2D eigenvalue weighted by Crippen LogP contribution is -2.28. The number of hydrogen-bond acceptors (Lipinski definition) is 2. The molecule has 1 aromatic rings. The molecule has 0 aliphatic heterocycles. The third-order valence-electron chi connectivity index (χ3n) is 2.17. The van der Waals surface area contributed by atoms with Crippen molar-refractivity contribution >= 4 is 0 Å². The van der Waals surface area contributed by atoms with Crippen molar-refractivity contribution in [3.8, 4) is 0 Å². The van der Waals surface area contributed by atoms with Gasteiger partial charge in [0.05, 0.1) is 0 Å². The number of aliphatic hydroxyl groups excluding tert-OH is 1. The van der Waals surface area contributed by atoms with Crippen LogP contribution in [0, 0.1) is 0 Å². The molecule has 0 bridgehead atoms. The Hall–Kier alpha value is -1.38. The van der Waals surface area contributed by atoms with Crippen LogP contribution >= 0.6 is 0 Å². The molecule has 1 rings (SSSR count). The highest BCUT2D eigenvalue weighted by molar-refractivity contribution is 5.17. The minimum Gasteiger partial charge on any atom is -0.374 e. The van der Waals surface area contributed by atoms with Crippen molar-refractivity contribution in [2.45, 2.75) is 6.23 Å². The summed E-state index contributed by atoms with van der Waals surface area (Å²) in [6.07, 6.45) is 2.95. The smallest absolute Gasteiger partial charge is 0.134 e. The molecule has 0 aliphatic carbocycles. The van der Waals surface area contributed by atoms with Crippen LogP contribution in [0.3, 0.4) is 0 Å². The number of aliphatic hydroxyl groups is 1. The Kier molecular flexibility index (Phi) is 4.81. The van der Waals surface area contributed by atoms with Gasteiger partial charge in [0.15, 0.2) is 0 Å². The van der Waals surface area contributed by atoms with E-state index in [0.717, 1.165) is 5.56 Å². The first-order chi connectivity index (χ1) is 7.29. The monoisotopic (exact) mass is 203 g/mol. The first kappa shape index (κ1) is 11.7. The average Bonchev–Trinajstić information content (AvgIpc) is 2.29. The molecule has 1 unspecified atom stereocenters. The normalized spacial score (nSPS) is 12.4. The van der Waals surface area contributed by atoms with Gasteiger partial charge in [-0.1, -0.05) is 42.5 Å². The molecule has 0 amide bonds. The molecule has 1 N–H and O–H groups in total. The van der Waals surface area contributed by atoms with Crippen molar-refractivity contribution < 1.29 is 5.11 Å². The van der Waals surface area contributed by atoms with Crippen LogP contribution in [0.2, 0.25) is 0 Å². The molecule has 15 heavy (non-hydrogen) atoms. The van der Waals surface area contributed by atoms with Crippen molar-refractivity contribution in [2.24, 2.45) is 0 Å². The lowest BCUT2D eigenvalue weighted by Gasteiger charge is -2.25. The predicted molar refractivity (Wildman–Crippen MR) is 63.4 cm³/mol. The summed E-state index contributed by atoms with van der Waals surface area (Å²) in [5, 5.41) is 10.1. The van der Waals surface area contributed by atoms with Gasteiger partial charge in [-0.3, -0.25) is 4.90 Å². The first-order valence-electron chi connectivity index (χ1n) is 4.98. The summed E-state index contributed by atoms with van der Waals surface area (Å²) in [5.74, 6) is 0. The van der Waals surface area contributed by atoms with Gasteiger partial charge in [0, 0.05) is 13.1 Å². The van der Waals surface area contributed by atoms with Crippen LogP contribution < -0.4 is 0 Å². The van der Waals surface area contributed by atoms with Crippen LogP contribution in [0.15, 0.2) is 55.6 Å². The van der Waals surface area contributed by atoms with Crippen LogP contribution in [0.5, 0.6) is 0 Å². The SMILES string of the molecule is C=CCN(CC=C)C(O)c1ccccc1.